The van der Waals surface area contributed by atoms with Crippen molar-refractivity contribution in [2.75, 3.05) is 25.7 Å². The number of hydrogen-bond donors (Lipinski definition) is 2. The van der Waals surface area contributed by atoms with Crippen LogP contribution in [0.15, 0.2) is 64.2 Å². The monoisotopic (exact) mass is 465 g/mol. The number of aliphatic hydroxyl groups excluding tert-OH is 1. The van der Waals surface area contributed by atoms with Gasteiger partial charge in [0, 0.05) is 20.6 Å². The Kier molecular flexibility index (Phi) is 6.69. The molecule has 178 valence electrons. The highest BCUT2D eigenvalue weighted by molar-refractivity contribution is 5.74. The molecule has 0 spiro atoms. The summed E-state index contributed by atoms with van der Waals surface area (Å²) in [5.41, 5.74) is 0.387. The van der Waals surface area contributed by atoms with Crippen molar-refractivity contribution in [2.45, 2.75) is 19.2 Å². The first-order valence-corrected chi connectivity index (χ1v) is 10.8. The van der Waals surface area contributed by atoms with E-state index in [0.29, 0.717) is 24.0 Å². The first-order valence-electron chi connectivity index (χ1n) is 10.8. The molecule has 0 saturated carbocycles. The van der Waals surface area contributed by atoms with Gasteiger partial charge in [-0.25, -0.2) is 4.79 Å². The number of methoxy groups -OCH3 is 1. The smallest absolute Gasteiger partial charge is 0.329 e. The predicted molar refractivity (Wildman–Crippen MR) is 129 cm³/mol. The second-order valence-electron chi connectivity index (χ2n) is 7.99. The Bertz CT molecular complexity index is 1380. The molecule has 0 unspecified atom stereocenters. The molecule has 34 heavy (non-hydrogen) atoms. The minimum Gasteiger partial charge on any atom is -0.497 e. The van der Waals surface area contributed by atoms with Gasteiger partial charge in [0.1, 0.15) is 24.2 Å². The van der Waals surface area contributed by atoms with Gasteiger partial charge in [0.25, 0.3) is 5.56 Å². The van der Waals surface area contributed by atoms with E-state index in [2.05, 4.69) is 9.97 Å². The number of aromatic amines is 1. The Morgan fingerprint density at radius 1 is 1.09 bits per heavy atom. The Morgan fingerprint density at radius 3 is 2.44 bits per heavy atom. The quantitative estimate of drug-likeness (QED) is 0.385. The molecule has 0 fully saturated rings. The molecule has 0 saturated heterocycles. The van der Waals surface area contributed by atoms with E-state index in [9.17, 15) is 14.7 Å². The maximum atomic E-state index is 12.7. The minimum atomic E-state index is -0.944. The van der Waals surface area contributed by atoms with Crippen LogP contribution in [0.2, 0.25) is 0 Å². The van der Waals surface area contributed by atoms with Gasteiger partial charge < -0.3 is 24.0 Å². The number of fused-ring (bicyclic) bond motifs is 1. The lowest BCUT2D eigenvalue weighted by molar-refractivity contribution is 0.0936. The third-order valence-corrected chi connectivity index (χ3v) is 5.49. The molecule has 1 atom stereocenters. The lowest BCUT2D eigenvalue weighted by atomic mass is 10.2. The number of aryl methyl sites for hydroxylation is 1. The maximum absolute atomic E-state index is 12.7. The molecule has 0 aliphatic rings. The van der Waals surface area contributed by atoms with E-state index in [-0.39, 0.29) is 24.3 Å². The molecular weight excluding hydrogens is 438 g/mol. The van der Waals surface area contributed by atoms with Gasteiger partial charge in [-0.3, -0.25) is 14.3 Å². The lowest BCUT2D eigenvalue weighted by Crippen LogP contribution is -2.31. The number of nitrogens with zero attached hydrogens (tertiary/aromatic N) is 4. The third kappa shape index (κ3) is 4.81. The van der Waals surface area contributed by atoms with Crippen molar-refractivity contribution in [3.8, 4) is 11.5 Å². The summed E-state index contributed by atoms with van der Waals surface area (Å²) in [6.45, 7) is 0.564. The van der Waals surface area contributed by atoms with Gasteiger partial charge in [-0.05, 0) is 29.8 Å². The first-order chi connectivity index (χ1) is 16.4. The topological polar surface area (TPSA) is 115 Å². The zero-order valence-corrected chi connectivity index (χ0v) is 19.3. The van der Waals surface area contributed by atoms with E-state index in [4.69, 9.17) is 9.47 Å². The van der Waals surface area contributed by atoms with Crippen molar-refractivity contribution in [2.24, 2.45) is 7.05 Å². The summed E-state index contributed by atoms with van der Waals surface area (Å²) in [6.07, 6.45) is -0.944. The number of nitrogens with one attached hydrogen (secondary N) is 1. The van der Waals surface area contributed by atoms with Crippen LogP contribution >= 0.6 is 0 Å². The van der Waals surface area contributed by atoms with E-state index < -0.39 is 17.4 Å². The van der Waals surface area contributed by atoms with E-state index in [0.717, 1.165) is 5.56 Å². The minimum absolute atomic E-state index is 0.00247. The van der Waals surface area contributed by atoms with Crippen LogP contribution in [0.3, 0.4) is 0 Å². The molecule has 0 aliphatic carbocycles. The number of aliphatic hydroxyl groups is 1. The highest BCUT2D eigenvalue weighted by Crippen LogP contribution is 2.22. The van der Waals surface area contributed by atoms with Gasteiger partial charge in [0.05, 0.1) is 13.7 Å². The number of aromatic nitrogens is 4. The molecule has 2 aromatic carbocycles. The standard InChI is InChI=1S/C24H27N5O5/c1-27(13-16-7-5-4-6-8-16)23-25-21-20(22(31)26-24(32)28(21)2)29(23)14-17(30)15-34-19-11-9-18(33-3)10-12-19/h4-12,17,30H,13-15H2,1-3H3,(H,26,31,32)/t17-/m1/s1. The highest BCUT2D eigenvalue weighted by Gasteiger charge is 2.22. The van der Waals surface area contributed by atoms with Gasteiger partial charge in [-0.1, -0.05) is 30.3 Å². The normalized spacial score (nSPS) is 12.0. The summed E-state index contributed by atoms with van der Waals surface area (Å²) >= 11 is 0. The Labute approximate surface area is 195 Å². The average molecular weight is 466 g/mol. The number of ether oxygens (including phenoxy) is 2. The number of hydrogen-bond acceptors (Lipinski definition) is 7. The average Bonchev–Trinajstić information content (AvgIpc) is 3.22. The molecule has 10 heteroatoms. The van der Waals surface area contributed by atoms with Crippen molar-refractivity contribution < 1.29 is 14.6 Å². The van der Waals surface area contributed by atoms with Crippen LogP contribution in [-0.2, 0) is 20.1 Å². The van der Waals surface area contributed by atoms with Crippen LogP contribution in [0.4, 0.5) is 5.95 Å². The zero-order valence-electron chi connectivity index (χ0n) is 19.3. The summed E-state index contributed by atoms with van der Waals surface area (Å²) < 4.78 is 13.7. The second-order valence-corrected chi connectivity index (χ2v) is 7.99. The molecular formula is C24H27N5O5. The fraction of sp³-hybridized carbons (Fsp3) is 0.292. The van der Waals surface area contributed by atoms with Crippen LogP contribution in [0.5, 0.6) is 11.5 Å². The largest absolute Gasteiger partial charge is 0.497 e. The summed E-state index contributed by atoms with van der Waals surface area (Å²) in [5, 5.41) is 10.8. The van der Waals surface area contributed by atoms with Gasteiger partial charge in [0.15, 0.2) is 11.2 Å². The van der Waals surface area contributed by atoms with Gasteiger partial charge in [-0.2, -0.15) is 4.98 Å². The molecule has 10 nitrogen and oxygen atoms in total. The highest BCUT2D eigenvalue weighted by atomic mass is 16.5. The van der Waals surface area contributed by atoms with Gasteiger partial charge in [-0.15, -0.1) is 0 Å². The number of H-pyrrole nitrogens is 1. The SMILES string of the molecule is COc1ccc(OC[C@H](O)Cn2c(N(C)Cc3ccccc3)nc3c2c(=O)[nH]c(=O)n3C)cc1. The fourth-order valence-corrected chi connectivity index (χ4v) is 3.74. The fourth-order valence-electron chi connectivity index (χ4n) is 3.74. The molecule has 4 rings (SSSR count). The van der Waals surface area contributed by atoms with E-state index in [1.807, 2.05) is 42.3 Å². The van der Waals surface area contributed by atoms with Crippen LogP contribution in [0.1, 0.15) is 5.56 Å². The van der Waals surface area contributed by atoms with Crippen LogP contribution in [-0.4, -0.2) is 51.1 Å². The second kappa shape index (κ2) is 9.84. The van der Waals surface area contributed by atoms with Crippen molar-refractivity contribution in [1.82, 2.24) is 19.1 Å². The number of imidazole rings is 1. The summed E-state index contributed by atoms with van der Waals surface area (Å²) in [6, 6.07) is 16.8. The Hall–Kier alpha value is -4.05. The molecule has 0 radical (unpaired) electrons. The third-order valence-electron chi connectivity index (χ3n) is 5.49. The first kappa shape index (κ1) is 23.1. The molecule has 0 aliphatic heterocycles. The number of benzene rings is 2. The maximum Gasteiger partial charge on any atom is 0.329 e. The van der Waals surface area contributed by atoms with E-state index >= 15 is 0 Å². The summed E-state index contributed by atoms with van der Waals surface area (Å²) in [5.74, 6) is 1.74. The van der Waals surface area contributed by atoms with Crippen LogP contribution < -0.4 is 25.6 Å². The Balaban J connectivity index is 1.63. The van der Waals surface area contributed by atoms with Crippen LogP contribution in [0, 0.1) is 0 Å². The van der Waals surface area contributed by atoms with E-state index in [1.54, 1.807) is 43.0 Å². The summed E-state index contributed by atoms with van der Waals surface area (Å²) in [7, 11) is 4.97. The molecule has 0 bridgehead atoms. The number of rotatable bonds is 9. The van der Waals surface area contributed by atoms with Crippen molar-refractivity contribution in [1.29, 1.82) is 0 Å². The van der Waals surface area contributed by atoms with Crippen molar-refractivity contribution in [3.05, 3.63) is 81.0 Å². The Morgan fingerprint density at radius 2 is 1.76 bits per heavy atom. The van der Waals surface area contributed by atoms with Gasteiger partial charge >= 0.3 is 5.69 Å². The number of anilines is 1. The predicted octanol–water partition coefficient (Wildman–Crippen LogP) is 1.51. The molecule has 2 N–H and O–H groups in total. The molecule has 2 aromatic heterocycles. The van der Waals surface area contributed by atoms with Crippen molar-refractivity contribution >= 4 is 17.1 Å². The van der Waals surface area contributed by atoms with Crippen molar-refractivity contribution in [3.63, 3.8) is 0 Å². The zero-order chi connectivity index (χ0) is 24.2. The lowest BCUT2D eigenvalue weighted by Gasteiger charge is -2.21. The van der Waals surface area contributed by atoms with E-state index in [1.165, 1.54) is 4.57 Å². The molecule has 4 aromatic rings. The molecule has 2 heterocycles. The van der Waals surface area contributed by atoms with Crippen LogP contribution in [0.25, 0.3) is 11.2 Å². The van der Waals surface area contributed by atoms with Gasteiger partial charge in [0.2, 0.25) is 5.95 Å². The summed E-state index contributed by atoms with van der Waals surface area (Å²) in [4.78, 5) is 33.6. The molecule has 0 amide bonds.